The number of nitrogens with zero attached hydrogens (tertiary/aromatic N) is 1. The zero-order valence-electron chi connectivity index (χ0n) is 14.2. The minimum Gasteiger partial charge on any atom is -0.350 e. The average molecular weight is 395 g/mol. The summed E-state index contributed by atoms with van der Waals surface area (Å²) < 4.78 is 0. The third kappa shape index (κ3) is 3.39. The van der Waals surface area contributed by atoms with Crippen molar-refractivity contribution >= 4 is 46.0 Å². The van der Waals surface area contributed by atoms with Crippen molar-refractivity contribution in [1.29, 1.82) is 0 Å². The molecule has 0 unspecified atom stereocenters. The molecule has 1 aromatic heterocycles. The van der Waals surface area contributed by atoms with Gasteiger partial charge in [-0.05, 0) is 35.2 Å². The van der Waals surface area contributed by atoms with Gasteiger partial charge in [0.1, 0.15) is 5.70 Å². The molecule has 0 saturated carbocycles. The second kappa shape index (κ2) is 7.39. The number of hydrogen-bond acceptors (Lipinski definition) is 4. The summed E-state index contributed by atoms with van der Waals surface area (Å²) in [5.74, 6) is -0.673. The smallest absolute Gasteiger partial charge is 0.278 e. The van der Waals surface area contributed by atoms with Crippen molar-refractivity contribution in [1.82, 2.24) is 4.90 Å². The Morgan fingerprint density at radius 3 is 2.33 bits per heavy atom. The van der Waals surface area contributed by atoms with Crippen molar-refractivity contribution in [3.63, 3.8) is 0 Å². The molecule has 27 heavy (non-hydrogen) atoms. The maximum absolute atomic E-state index is 13.1. The van der Waals surface area contributed by atoms with Gasteiger partial charge in [0.25, 0.3) is 11.8 Å². The van der Waals surface area contributed by atoms with Gasteiger partial charge in [-0.2, -0.15) is 0 Å². The Morgan fingerprint density at radius 2 is 1.63 bits per heavy atom. The Labute approximate surface area is 165 Å². The second-order valence-corrected chi connectivity index (χ2v) is 7.36. The summed E-state index contributed by atoms with van der Waals surface area (Å²) in [5.41, 5.74) is 2.17. The molecule has 2 amide bonds. The quantitative estimate of drug-likeness (QED) is 0.633. The van der Waals surface area contributed by atoms with Crippen LogP contribution in [0.3, 0.4) is 0 Å². The summed E-state index contributed by atoms with van der Waals surface area (Å²) in [6, 6.07) is 20.3. The Kier molecular flexibility index (Phi) is 4.79. The number of carbonyl (C=O) groups is 2. The lowest BCUT2D eigenvalue weighted by molar-refractivity contribution is -0.137. The number of amides is 2. The van der Waals surface area contributed by atoms with Crippen molar-refractivity contribution < 1.29 is 9.59 Å². The van der Waals surface area contributed by atoms with Gasteiger partial charge in [0.2, 0.25) is 0 Å². The molecule has 0 spiro atoms. The monoisotopic (exact) mass is 394 g/mol. The number of nitrogens with one attached hydrogen (secondary N) is 1. The Morgan fingerprint density at radius 1 is 0.889 bits per heavy atom. The maximum atomic E-state index is 13.1. The molecule has 2 aromatic carbocycles. The van der Waals surface area contributed by atoms with E-state index in [0.717, 1.165) is 16.1 Å². The van der Waals surface area contributed by atoms with Crippen LogP contribution < -0.4 is 5.32 Å². The van der Waals surface area contributed by atoms with E-state index in [-0.39, 0.29) is 18.4 Å². The fourth-order valence-electron chi connectivity index (χ4n) is 2.95. The van der Waals surface area contributed by atoms with Crippen LogP contribution in [-0.2, 0) is 16.1 Å². The lowest BCUT2D eigenvalue weighted by Crippen LogP contribution is -2.32. The number of halogens is 1. The molecule has 0 aliphatic carbocycles. The van der Waals surface area contributed by atoms with Crippen LogP contribution in [0.2, 0.25) is 5.02 Å². The predicted molar refractivity (Wildman–Crippen MR) is 108 cm³/mol. The third-order valence-electron chi connectivity index (χ3n) is 4.27. The molecule has 4 rings (SSSR count). The molecule has 1 N–H and O–H groups in total. The Bertz CT molecular complexity index is 1030. The summed E-state index contributed by atoms with van der Waals surface area (Å²) in [7, 11) is 0. The van der Waals surface area contributed by atoms with Crippen molar-refractivity contribution in [3.05, 3.63) is 93.3 Å². The normalized spacial score (nSPS) is 14.2. The third-order valence-corrected chi connectivity index (χ3v) is 5.52. The van der Waals surface area contributed by atoms with E-state index >= 15 is 0 Å². The fourth-order valence-corrected chi connectivity index (χ4v) is 3.91. The van der Waals surface area contributed by atoms with Crippen LogP contribution in [0, 0.1) is 0 Å². The SMILES string of the molecule is O=C1C(Nc2ccccc2)=C(c2cccs2)C(=O)N1Cc1ccccc1Cl. The number of thiophene rings is 1. The molecule has 0 saturated heterocycles. The molecule has 0 atom stereocenters. The van der Waals surface area contributed by atoms with E-state index in [1.165, 1.54) is 16.2 Å². The van der Waals surface area contributed by atoms with Gasteiger partial charge >= 0.3 is 0 Å². The van der Waals surface area contributed by atoms with Gasteiger partial charge < -0.3 is 5.32 Å². The van der Waals surface area contributed by atoms with Gasteiger partial charge in [-0.25, -0.2) is 0 Å². The average Bonchev–Trinajstić information content (AvgIpc) is 3.27. The summed E-state index contributed by atoms with van der Waals surface area (Å²) in [6.45, 7) is 0.131. The van der Waals surface area contributed by atoms with E-state index in [1.54, 1.807) is 6.07 Å². The van der Waals surface area contributed by atoms with Crippen LogP contribution in [0.5, 0.6) is 0 Å². The highest BCUT2D eigenvalue weighted by Gasteiger charge is 2.39. The first-order chi connectivity index (χ1) is 13.1. The van der Waals surface area contributed by atoms with Gasteiger partial charge in [0, 0.05) is 15.6 Å². The van der Waals surface area contributed by atoms with Gasteiger partial charge in [0.15, 0.2) is 0 Å². The van der Waals surface area contributed by atoms with Crippen LogP contribution in [-0.4, -0.2) is 16.7 Å². The lowest BCUT2D eigenvalue weighted by Gasteiger charge is -2.16. The zero-order valence-corrected chi connectivity index (χ0v) is 15.8. The van der Waals surface area contributed by atoms with Crippen molar-refractivity contribution in [2.75, 3.05) is 5.32 Å². The minimum atomic E-state index is -0.354. The van der Waals surface area contributed by atoms with E-state index in [1.807, 2.05) is 66.0 Å². The molecule has 6 heteroatoms. The lowest BCUT2D eigenvalue weighted by atomic mass is 10.2. The molecule has 1 aliphatic rings. The van der Waals surface area contributed by atoms with Crippen LogP contribution in [0.25, 0.3) is 5.57 Å². The largest absolute Gasteiger partial charge is 0.350 e. The van der Waals surface area contributed by atoms with Gasteiger partial charge in [0.05, 0.1) is 12.1 Å². The molecular formula is C21H15ClN2O2S. The van der Waals surface area contributed by atoms with E-state index < -0.39 is 0 Å². The first kappa shape index (κ1) is 17.5. The summed E-state index contributed by atoms with van der Waals surface area (Å²) in [5, 5.41) is 5.54. The van der Waals surface area contributed by atoms with Gasteiger partial charge in [-0.3, -0.25) is 14.5 Å². The maximum Gasteiger partial charge on any atom is 0.278 e. The molecule has 0 radical (unpaired) electrons. The van der Waals surface area contributed by atoms with Crippen LogP contribution >= 0.6 is 22.9 Å². The Balaban J connectivity index is 1.72. The van der Waals surface area contributed by atoms with E-state index in [9.17, 15) is 9.59 Å². The molecule has 0 fully saturated rings. The highest BCUT2D eigenvalue weighted by molar-refractivity contribution is 7.11. The second-order valence-electron chi connectivity index (χ2n) is 6.01. The van der Waals surface area contributed by atoms with Crippen LogP contribution in [0.4, 0.5) is 5.69 Å². The van der Waals surface area contributed by atoms with E-state index in [0.29, 0.717) is 16.3 Å². The molecule has 0 bridgehead atoms. The highest BCUT2D eigenvalue weighted by Crippen LogP contribution is 2.34. The van der Waals surface area contributed by atoms with Crippen molar-refractivity contribution in [2.45, 2.75) is 6.54 Å². The number of carbonyl (C=O) groups excluding carboxylic acids is 2. The predicted octanol–water partition coefficient (Wildman–Crippen LogP) is 4.79. The summed E-state index contributed by atoms with van der Waals surface area (Å²) >= 11 is 7.65. The van der Waals surface area contributed by atoms with Crippen LogP contribution in [0.15, 0.2) is 77.8 Å². The zero-order chi connectivity index (χ0) is 18.8. The summed E-state index contributed by atoms with van der Waals surface area (Å²) in [6.07, 6.45) is 0. The first-order valence-corrected chi connectivity index (χ1v) is 9.61. The van der Waals surface area contributed by atoms with E-state index in [2.05, 4.69) is 5.32 Å². The first-order valence-electron chi connectivity index (χ1n) is 8.35. The number of imide groups is 1. The molecule has 134 valence electrons. The molecule has 1 aliphatic heterocycles. The number of rotatable bonds is 5. The highest BCUT2D eigenvalue weighted by atomic mass is 35.5. The van der Waals surface area contributed by atoms with Gasteiger partial charge in [-0.1, -0.05) is 54.1 Å². The number of hydrogen-bond donors (Lipinski definition) is 1. The minimum absolute atomic E-state index is 0.131. The number of anilines is 1. The standard InChI is InChI=1S/C21H15ClN2O2S/c22-16-10-5-4-7-14(16)13-24-20(25)18(17-11-6-12-27-17)19(21(24)26)23-15-8-2-1-3-9-15/h1-12,23H,13H2. The van der Waals surface area contributed by atoms with E-state index in [4.69, 9.17) is 11.6 Å². The van der Waals surface area contributed by atoms with Gasteiger partial charge in [-0.15, -0.1) is 11.3 Å². The Hall–Kier alpha value is -2.89. The topological polar surface area (TPSA) is 49.4 Å². The molecule has 4 nitrogen and oxygen atoms in total. The van der Waals surface area contributed by atoms with Crippen LogP contribution in [0.1, 0.15) is 10.4 Å². The molecule has 3 aromatic rings. The number of para-hydroxylation sites is 1. The molecular weight excluding hydrogens is 380 g/mol. The van der Waals surface area contributed by atoms with Crippen molar-refractivity contribution in [2.24, 2.45) is 0 Å². The van der Waals surface area contributed by atoms with Crippen molar-refractivity contribution in [3.8, 4) is 0 Å². The number of benzene rings is 2. The molecule has 2 heterocycles. The summed E-state index contributed by atoms with van der Waals surface area (Å²) in [4.78, 5) is 28.2. The fraction of sp³-hybridized carbons (Fsp3) is 0.0476.